The van der Waals surface area contributed by atoms with Crippen molar-refractivity contribution in [1.82, 2.24) is 0 Å². The molecule has 1 aromatic rings. The third kappa shape index (κ3) is 5.61. The van der Waals surface area contributed by atoms with Gasteiger partial charge in [0.1, 0.15) is 5.82 Å². The maximum absolute atomic E-state index is 13.0. The van der Waals surface area contributed by atoms with Crippen molar-refractivity contribution in [1.29, 1.82) is 0 Å². The summed E-state index contributed by atoms with van der Waals surface area (Å²) in [5.41, 5.74) is 0.918. The Morgan fingerprint density at radius 1 is 1.41 bits per heavy atom. The molecular formula is C13H18BrFO2. The van der Waals surface area contributed by atoms with Crippen LogP contribution in [0.15, 0.2) is 22.7 Å². The van der Waals surface area contributed by atoms with Crippen LogP contribution in [0.3, 0.4) is 0 Å². The molecule has 0 amide bonds. The highest BCUT2D eigenvalue weighted by molar-refractivity contribution is 9.10. The number of ether oxygens (including phenoxy) is 1. The predicted octanol–water partition coefficient (Wildman–Crippen LogP) is 3.31. The van der Waals surface area contributed by atoms with Crippen molar-refractivity contribution in [3.05, 3.63) is 34.1 Å². The summed E-state index contributed by atoms with van der Waals surface area (Å²) in [5, 5.41) is 9.77. The summed E-state index contributed by atoms with van der Waals surface area (Å²) in [6, 6.07) is 4.79. The minimum absolute atomic E-state index is 0.283. The maximum atomic E-state index is 13.0. The number of halogens is 2. The molecule has 17 heavy (non-hydrogen) atoms. The van der Waals surface area contributed by atoms with Crippen LogP contribution in [-0.4, -0.2) is 24.4 Å². The van der Waals surface area contributed by atoms with Crippen molar-refractivity contribution < 1.29 is 14.2 Å². The molecule has 0 heterocycles. The van der Waals surface area contributed by atoms with Gasteiger partial charge in [-0.05, 0) is 52.9 Å². The number of aliphatic hydroxyl groups excluding tert-OH is 1. The zero-order valence-corrected chi connectivity index (χ0v) is 11.5. The summed E-state index contributed by atoms with van der Waals surface area (Å²) in [6.07, 6.45) is 1.67. The van der Waals surface area contributed by atoms with E-state index in [1.54, 1.807) is 12.1 Å². The largest absolute Gasteiger partial charge is 0.393 e. The van der Waals surface area contributed by atoms with Gasteiger partial charge < -0.3 is 9.84 Å². The van der Waals surface area contributed by atoms with Crippen LogP contribution in [0.2, 0.25) is 0 Å². The number of aliphatic hydroxyl groups is 1. The van der Waals surface area contributed by atoms with Crippen LogP contribution in [-0.2, 0) is 11.2 Å². The van der Waals surface area contributed by atoms with Gasteiger partial charge in [0.05, 0.1) is 10.6 Å². The van der Waals surface area contributed by atoms with Gasteiger partial charge in [-0.2, -0.15) is 0 Å². The Morgan fingerprint density at radius 2 is 2.18 bits per heavy atom. The van der Waals surface area contributed by atoms with E-state index in [0.717, 1.165) is 18.6 Å². The van der Waals surface area contributed by atoms with E-state index in [4.69, 9.17) is 4.74 Å². The zero-order chi connectivity index (χ0) is 12.7. The molecule has 0 aliphatic rings. The van der Waals surface area contributed by atoms with Gasteiger partial charge in [-0.1, -0.05) is 13.0 Å². The minimum Gasteiger partial charge on any atom is -0.393 e. The van der Waals surface area contributed by atoms with E-state index in [1.165, 1.54) is 6.07 Å². The van der Waals surface area contributed by atoms with Gasteiger partial charge in [0.2, 0.25) is 0 Å². The fourth-order valence-electron chi connectivity index (χ4n) is 1.51. The molecule has 4 heteroatoms. The second-order valence-corrected chi connectivity index (χ2v) is 4.86. The molecule has 0 bridgehead atoms. The van der Waals surface area contributed by atoms with E-state index in [2.05, 4.69) is 15.9 Å². The van der Waals surface area contributed by atoms with Gasteiger partial charge in [0.15, 0.2) is 0 Å². The SMILES string of the molecule is CCCOCCC(O)Cc1ccc(F)c(Br)c1. The molecule has 0 saturated carbocycles. The van der Waals surface area contributed by atoms with Crippen LogP contribution in [0.4, 0.5) is 4.39 Å². The smallest absolute Gasteiger partial charge is 0.137 e. The highest BCUT2D eigenvalue weighted by atomic mass is 79.9. The van der Waals surface area contributed by atoms with Crippen molar-refractivity contribution in [2.24, 2.45) is 0 Å². The Balaban J connectivity index is 2.34. The number of hydrogen-bond acceptors (Lipinski definition) is 2. The van der Waals surface area contributed by atoms with Gasteiger partial charge in [0, 0.05) is 13.2 Å². The summed E-state index contributed by atoms with van der Waals surface area (Å²) in [4.78, 5) is 0. The highest BCUT2D eigenvalue weighted by Gasteiger charge is 2.07. The lowest BCUT2D eigenvalue weighted by Crippen LogP contribution is -2.14. The first-order valence-corrected chi connectivity index (χ1v) is 6.62. The molecule has 1 rings (SSSR count). The molecule has 1 aromatic carbocycles. The van der Waals surface area contributed by atoms with Gasteiger partial charge >= 0.3 is 0 Å². The monoisotopic (exact) mass is 304 g/mol. The molecule has 96 valence electrons. The summed E-state index contributed by atoms with van der Waals surface area (Å²) in [6.45, 7) is 3.35. The third-order valence-electron chi connectivity index (χ3n) is 2.40. The van der Waals surface area contributed by atoms with E-state index < -0.39 is 6.10 Å². The molecule has 0 radical (unpaired) electrons. The molecule has 0 fully saturated rings. The molecule has 1 atom stereocenters. The van der Waals surface area contributed by atoms with Crippen LogP contribution in [0.5, 0.6) is 0 Å². The first-order valence-electron chi connectivity index (χ1n) is 5.83. The minimum atomic E-state index is -0.441. The second-order valence-electron chi connectivity index (χ2n) is 4.01. The average Bonchev–Trinajstić information content (AvgIpc) is 2.30. The lowest BCUT2D eigenvalue weighted by atomic mass is 10.1. The molecule has 0 aromatic heterocycles. The molecule has 1 unspecified atom stereocenters. The highest BCUT2D eigenvalue weighted by Crippen LogP contribution is 2.18. The fourth-order valence-corrected chi connectivity index (χ4v) is 1.93. The van der Waals surface area contributed by atoms with Gasteiger partial charge in [0.25, 0.3) is 0 Å². The first kappa shape index (κ1) is 14.6. The molecule has 0 spiro atoms. The molecule has 0 aliphatic heterocycles. The summed E-state index contributed by atoms with van der Waals surface area (Å²) < 4.78 is 18.7. The van der Waals surface area contributed by atoms with E-state index in [0.29, 0.717) is 23.9 Å². The summed E-state index contributed by atoms with van der Waals surface area (Å²) in [5.74, 6) is -0.283. The van der Waals surface area contributed by atoms with Gasteiger partial charge in [-0.25, -0.2) is 4.39 Å². The molecule has 1 N–H and O–H groups in total. The molecular weight excluding hydrogens is 287 g/mol. The zero-order valence-electron chi connectivity index (χ0n) is 9.96. The molecule has 2 nitrogen and oxygen atoms in total. The standard InChI is InChI=1S/C13H18BrFO2/c1-2-6-17-7-5-11(16)8-10-3-4-13(15)12(14)9-10/h3-4,9,11,16H,2,5-8H2,1H3. The predicted molar refractivity (Wildman–Crippen MR) is 69.5 cm³/mol. The summed E-state index contributed by atoms with van der Waals surface area (Å²) in [7, 11) is 0. The number of rotatable bonds is 7. The van der Waals surface area contributed by atoms with E-state index in [9.17, 15) is 9.50 Å². The van der Waals surface area contributed by atoms with Crippen molar-refractivity contribution in [2.75, 3.05) is 13.2 Å². The van der Waals surface area contributed by atoms with Crippen LogP contribution in [0.1, 0.15) is 25.3 Å². The third-order valence-corrected chi connectivity index (χ3v) is 3.01. The van der Waals surface area contributed by atoms with E-state index in [-0.39, 0.29) is 5.82 Å². The maximum Gasteiger partial charge on any atom is 0.137 e. The van der Waals surface area contributed by atoms with Crippen molar-refractivity contribution in [3.63, 3.8) is 0 Å². The Hall–Kier alpha value is -0.450. The molecule has 0 aliphatic carbocycles. The van der Waals surface area contributed by atoms with Crippen LogP contribution < -0.4 is 0 Å². The Labute approximate surface area is 110 Å². The van der Waals surface area contributed by atoms with Crippen LogP contribution >= 0.6 is 15.9 Å². The normalized spacial score (nSPS) is 12.7. The van der Waals surface area contributed by atoms with Gasteiger partial charge in [-0.15, -0.1) is 0 Å². The quantitative estimate of drug-likeness (QED) is 0.783. The Bertz CT molecular complexity index is 344. The lowest BCUT2D eigenvalue weighted by molar-refractivity contribution is 0.0824. The lowest BCUT2D eigenvalue weighted by Gasteiger charge is -2.11. The fraction of sp³-hybridized carbons (Fsp3) is 0.538. The van der Waals surface area contributed by atoms with Gasteiger partial charge in [-0.3, -0.25) is 0 Å². The van der Waals surface area contributed by atoms with Crippen molar-refractivity contribution >= 4 is 15.9 Å². The van der Waals surface area contributed by atoms with Crippen molar-refractivity contribution in [2.45, 2.75) is 32.3 Å². The Morgan fingerprint density at radius 3 is 2.82 bits per heavy atom. The number of benzene rings is 1. The molecule has 0 saturated heterocycles. The first-order chi connectivity index (χ1) is 8.13. The second kappa shape index (κ2) is 7.80. The topological polar surface area (TPSA) is 29.5 Å². The van der Waals surface area contributed by atoms with E-state index >= 15 is 0 Å². The number of hydrogen-bond donors (Lipinski definition) is 1. The van der Waals surface area contributed by atoms with E-state index in [1.807, 2.05) is 6.92 Å². The summed E-state index contributed by atoms with van der Waals surface area (Å²) >= 11 is 3.13. The van der Waals surface area contributed by atoms with Crippen LogP contribution in [0, 0.1) is 5.82 Å². The van der Waals surface area contributed by atoms with Crippen molar-refractivity contribution in [3.8, 4) is 0 Å². The Kier molecular flexibility index (Phi) is 6.70. The van der Waals surface area contributed by atoms with Crippen LogP contribution in [0.25, 0.3) is 0 Å². The average molecular weight is 305 g/mol.